The van der Waals surface area contributed by atoms with Crippen LogP contribution in [0.1, 0.15) is 24.4 Å². The van der Waals surface area contributed by atoms with E-state index in [1.807, 2.05) is 0 Å². The Morgan fingerprint density at radius 1 is 1.44 bits per heavy atom. The number of hydrogen-bond acceptors (Lipinski definition) is 4. The summed E-state index contributed by atoms with van der Waals surface area (Å²) in [4.78, 5) is -0.351. The largest absolute Gasteiger partial charge is 0.495 e. The Morgan fingerprint density at radius 2 is 2.17 bits per heavy atom. The second-order valence-electron chi connectivity index (χ2n) is 4.42. The van der Waals surface area contributed by atoms with Gasteiger partial charge in [0.1, 0.15) is 16.5 Å². The van der Waals surface area contributed by atoms with Crippen LogP contribution in [0, 0.1) is 5.82 Å². The number of methoxy groups -OCH3 is 1. The molecular weight excluding hydrogens is 257 g/mol. The number of hydrogen-bond donors (Lipinski definition) is 1. The van der Waals surface area contributed by atoms with Crippen molar-refractivity contribution in [1.29, 1.82) is 0 Å². The molecule has 1 aromatic carbocycles. The maximum atomic E-state index is 14.4. The second kappa shape index (κ2) is 4.85. The van der Waals surface area contributed by atoms with Crippen molar-refractivity contribution in [3.05, 3.63) is 23.5 Å². The highest BCUT2D eigenvalue weighted by Gasteiger charge is 2.27. The predicted octanol–water partition coefficient (Wildman–Crippen LogP) is 1.66. The SMILES string of the molecule is COc1ccc(C2CCCN2)c(F)c1S(C)(=O)=O. The van der Waals surface area contributed by atoms with Gasteiger partial charge in [-0.3, -0.25) is 0 Å². The van der Waals surface area contributed by atoms with Crippen molar-refractivity contribution in [2.45, 2.75) is 23.8 Å². The summed E-state index contributed by atoms with van der Waals surface area (Å²) in [5.41, 5.74) is 0.397. The van der Waals surface area contributed by atoms with E-state index in [9.17, 15) is 12.8 Å². The fourth-order valence-corrected chi connectivity index (χ4v) is 3.24. The summed E-state index contributed by atoms with van der Waals surface area (Å²) in [5.74, 6) is -0.645. The van der Waals surface area contributed by atoms with E-state index < -0.39 is 15.7 Å². The van der Waals surface area contributed by atoms with Gasteiger partial charge in [0.05, 0.1) is 7.11 Å². The van der Waals surface area contributed by atoms with Crippen LogP contribution < -0.4 is 10.1 Å². The molecule has 1 unspecified atom stereocenters. The maximum absolute atomic E-state index is 14.4. The van der Waals surface area contributed by atoms with Gasteiger partial charge in [0.2, 0.25) is 0 Å². The van der Waals surface area contributed by atoms with Gasteiger partial charge >= 0.3 is 0 Å². The van der Waals surface area contributed by atoms with E-state index in [1.54, 1.807) is 6.07 Å². The number of halogens is 1. The first-order chi connectivity index (χ1) is 8.45. The van der Waals surface area contributed by atoms with Crippen LogP contribution in [0.15, 0.2) is 17.0 Å². The molecule has 0 saturated carbocycles. The molecule has 1 aliphatic rings. The third kappa shape index (κ3) is 2.35. The van der Waals surface area contributed by atoms with E-state index in [1.165, 1.54) is 13.2 Å². The van der Waals surface area contributed by atoms with E-state index in [0.717, 1.165) is 25.6 Å². The molecule has 2 rings (SSSR count). The summed E-state index contributed by atoms with van der Waals surface area (Å²) in [6.07, 6.45) is 2.76. The van der Waals surface area contributed by atoms with E-state index >= 15 is 0 Å². The smallest absolute Gasteiger partial charge is 0.182 e. The van der Waals surface area contributed by atoms with Crippen LogP contribution in [0.5, 0.6) is 5.75 Å². The Kier molecular flexibility index (Phi) is 3.59. The van der Waals surface area contributed by atoms with Crippen LogP contribution in [0.2, 0.25) is 0 Å². The summed E-state index contributed by atoms with van der Waals surface area (Å²) in [7, 11) is -2.33. The molecule has 100 valence electrons. The third-order valence-electron chi connectivity index (χ3n) is 3.12. The van der Waals surface area contributed by atoms with Crippen LogP contribution in [-0.2, 0) is 9.84 Å². The molecule has 1 atom stereocenters. The van der Waals surface area contributed by atoms with Gasteiger partial charge in [-0.15, -0.1) is 0 Å². The Balaban J connectivity index is 2.58. The molecule has 18 heavy (non-hydrogen) atoms. The van der Waals surface area contributed by atoms with Crippen LogP contribution in [0.25, 0.3) is 0 Å². The van der Waals surface area contributed by atoms with Crippen LogP contribution in [-0.4, -0.2) is 28.3 Å². The standard InChI is InChI=1S/C12H16FNO3S/c1-17-10-6-5-8(9-4-3-7-14-9)11(13)12(10)18(2,15)16/h5-6,9,14H,3-4,7H2,1-2H3. The lowest BCUT2D eigenvalue weighted by Gasteiger charge is -2.16. The Morgan fingerprint density at radius 3 is 2.67 bits per heavy atom. The highest BCUT2D eigenvalue weighted by atomic mass is 32.2. The molecule has 1 aliphatic heterocycles. The number of sulfone groups is 1. The van der Waals surface area contributed by atoms with E-state index in [0.29, 0.717) is 5.56 Å². The fraction of sp³-hybridized carbons (Fsp3) is 0.500. The molecule has 0 amide bonds. The quantitative estimate of drug-likeness (QED) is 0.910. The molecule has 1 fully saturated rings. The van der Waals surface area contributed by atoms with Crippen molar-refractivity contribution in [3.63, 3.8) is 0 Å². The predicted molar refractivity (Wildman–Crippen MR) is 66.0 cm³/mol. The molecule has 1 aromatic rings. The number of benzene rings is 1. The minimum absolute atomic E-state index is 0.0525. The molecule has 1 heterocycles. The number of ether oxygens (including phenoxy) is 1. The Hall–Kier alpha value is -1.14. The first kappa shape index (κ1) is 13.3. The summed E-state index contributed by atoms with van der Waals surface area (Å²) in [6.45, 7) is 0.824. The fourth-order valence-electron chi connectivity index (χ4n) is 2.28. The van der Waals surface area contributed by atoms with Crippen LogP contribution >= 0.6 is 0 Å². The van der Waals surface area contributed by atoms with Crippen molar-refractivity contribution >= 4 is 9.84 Å². The first-order valence-corrected chi connectivity index (χ1v) is 7.64. The Bertz CT molecular complexity index is 551. The second-order valence-corrected chi connectivity index (χ2v) is 6.37. The van der Waals surface area contributed by atoms with Gasteiger partial charge in [0.15, 0.2) is 9.84 Å². The van der Waals surface area contributed by atoms with Crippen molar-refractivity contribution in [1.82, 2.24) is 5.32 Å². The lowest BCUT2D eigenvalue weighted by molar-refractivity contribution is 0.392. The van der Waals surface area contributed by atoms with E-state index in [2.05, 4.69) is 5.32 Å². The highest BCUT2D eigenvalue weighted by Crippen LogP contribution is 2.34. The van der Waals surface area contributed by atoms with Crippen LogP contribution in [0.3, 0.4) is 0 Å². The zero-order chi connectivity index (χ0) is 13.3. The van der Waals surface area contributed by atoms with Crippen LogP contribution in [0.4, 0.5) is 4.39 Å². The topological polar surface area (TPSA) is 55.4 Å². The molecule has 1 saturated heterocycles. The van der Waals surface area contributed by atoms with Crippen molar-refractivity contribution in [2.75, 3.05) is 19.9 Å². The molecule has 4 nitrogen and oxygen atoms in total. The van der Waals surface area contributed by atoms with Gasteiger partial charge in [0, 0.05) is 17.9 Å². The lowest BCUT2D eigenvalue weighted by Crippen LogP contribution is -2.16. The van der Waals surface area contributed by atoms with Crippen molar-refractivity contribution in [2.24, 2.45) is 0 Å². The Labute approximate surface area is 106 Å². The minimum atomic E-state index is -3.66. The van der Waals surface area contributed by atoms with Crippen molar-refractivity contribution in [3.8, 4) is 5.75 Å². The van der Waals surface area contributed by atoms with Gasteiger partial charge in [-0.05, 0) is 25.5 Å². The average Bonchev–Trinajstić information content (AvgIpc) is 2.80. The first-order valence-electron chi connectivity index (χ1n) is 5.75. The minimum Gasteiger partial charge on any atom is -0.495 e. The molecule has 0 aromatic heterocycles. The average molecular weight is 273 g/mol. The molecule has 0 aliphatic carbocycles. The van der Waals surface area contributed by atoms with Crippen molar-refractivity contribution < 1.29 is 17.5 Å². The molecule has 6 heteroatoms. The third-order valence-corrected chi connectivity index (χ3v) is 4.24. The number of nitrogens with one attached hydrogen (secondary N) is 1. The summed E-state index contributed by atoms with van der Waals surface area (Å²) in [5, 5.41) is 3.15. The van der Waals surface area contributed by atoms with Gasteiger partial charge in [0.25, 0.3) is 0 Å². The lowest BCUT2D eigenvalue weighted by atomic mass is 10.0. The van der Waals surface area contributed by atoms with Gasteiger partial charge < -0.3 is 10.1 Å². The molecule has 0 bridgehead atoms. The zero-order valence-electron chi connectivity index (χ0n) is 10.4. The normalized spacial score (nSPS) is 20.1. The monoisotopic (exact) mass is 273 g/mol. The summed E-state index contributed by atoms with van der Waals surface area (Å²) in [6, 6.07) is 2.98. The van der Waals surface area contributed by atoms with Gasteiger partial charge in [-0.2, -0.15) is 0 Å². The molecule has 0 radical (unpaired) electrons. The maximum Gasteiger partial charge on any atom is 0.182 e. The van der Waals surface area contributed by atoms with E-state index in [-0.39, 0.29) is 16.7 Å². The zero-order valence-corrected chi connectivity index (χ0v) is 11.2. The molecule has 1 N–H and O–H groups in total. The number of rotatable bonds is 3. The van der Waals surface area contributed by atoms with Gasteiger partial charge in [-0.25, -0.2) is 12.8 Å². The summed E-state index contributed by atoms with van der Waals surface area (Å²) < 4.78 is 42.6. The van der Waals surface area contributed by atoms with E-state index in [4.69, 9.17) is 4.74 Å². The molecular formula is C12H16FNO3S. The molecule has 0 spiro atoms. The summed E-state index contributed by atoms with van der Waals surface area (Å²) >= 11 is 0. The van der Waals surface area contributed by atoms with Gasteiger partial charge in [-0.1, -0.05) is 6.07 Å². The highest BCUT2D eigenvalue weighted by molar-refractivity contribution is 7.90.